The first kappa shape index (κ1) is 21.9. The summed E-state index contributed by atoms with van der Waals surface area (Å²) < 4.78 is 30.5. The van der Waals surface area contributed by atoms with Gasteiger partial charge < -0.3 is 10.1 Å². The molecule has 1 fully saturated rings. The van der Waals surface area contributed by atoms with E-state index in [1.165, 1.54) is 39.2 Å². The van der Waals surface area contributed by atoms with Gasteiger partial charge in [0.2, 0.25) is 15.9 Å². The van der Waals surface area contributed by atoms with E-state index in [9.17, 15) is 13.2 Å². The molecule has 1 aliphatic carbocycles. The van der Waals surface area contributed by atoms with Crippen molar-refractivity contribution >= 4 is 33.4 Å². The van der Waals surface area contributed by atoms with Gasteiger partial charge in [-0.1, -0.05) is 25.3 Å². The second kappa shape index (κ2) is 10.8. The Hall–Kier alpha value is -1.41. The number of hydrogen-bond acceptors (Lipinski definition) is 5. The number of anilines is 1. The second-order valence-corrected chi connectivity index (χ2v) is 10.1. The van der Waals surface area contributed by atoms with Crippen LogP contribution in [0, 0.1) is 0 Å². The van der Waals surface area contributed by atoms with Gasteiger partial charge in [0.25, 0.3) is 0 Å². The monoisotopic (exact) mass is 414 g/mol. The third kappa shape index (κ3) is 7.62. The highest BCUT2D eigenvalue weighted by atomic mass is 32.2. The molecule has 0 spiro atoms. The van der Waals surface area contributed by atoms with Gasteiger partial charge in [-0.3, -0.25) is 9.10 Å². The Morgan fingerprint density at radius 3 is 2.70 bits per heavy atom. The standard InChI is InChI=1S/C19H30N2O4S2/c1-25-17-9-6-8-16(14-17)21(27(2,23)24)15-19(22)20-12-7-13-26-18-10-4-3-5-11-18/h6,8-9,14,18H,3-5,7,10-13,15H2,1-2H3,(H,20,22). The van der Waals surface area contributed by atoms with Gasteiger partial charge >= 0.3 is 0 Å². The molecule has 1 N–H and O–H groups in total. The van der Waals surface area contributed by atoms with Gasteiger partial charge in [0.1, 0.15) is 12.3 Å². The van der Waals surface area contributed by atoms with Crippen molar-refractivity contribution < 1.29 is 17.9 Å². The van der Waals surface area contributed by atoms with Gasteiger partial charge in [-0.2, -0.15) is 11.8 Å². The van der Waals surface area contributed by atoms with Crippen LogP contribution in [0.25, 0.3) is 0 Å². The number of amides is 1. The second-order valence-electron chi connectivity index (χ2n) is 6.81. The third-order valence-corrected chi connectivity index (χ3v) is 7.19. The fourth-order valence-corrected chi connectivity index (χ4v) is 5.29. The number of carbonyl (C=O) groups excluding carboxylic acids is 1. The minimum atomic E-state index is -3.57. The summed E-state index contributed by atoms with van der Waals surface area (Å²) in [4.78, 5) is 12.2. The van der Waals surface area contributed by atoms with Crippen LogP contribution in [0.1, 0.15) is 38.5 Å². The fraction of sp³-hybridized carbons (Fsp3) is 0.632. The average Bonchev–Trinajstić information content (AvgIpc) is 2.66. The van der Waals surface area contributed by atoms with E-state index < -0.39 is 10.0 Å². The van der Waals surface area contributed by atoms with E-state index in [2.05, 4.69) is 5.32 Å². The Morgan fingerprint density at radius 1 is 1.30 bits per heavy atom. The number of sulfonamides is 1. The molecule has 1 amide bonds. The van der Waals surface area contributed by atoms with E-state index in [4.69, 9.17) is 4.74 Å². The summed E-state index contributed by atoms with van der Waals surface area (Å²) in [5.74, 6) is 1.27. The maximum Gasteiger partial charge on any atom is 0.240 e. The Morgan fingerprint density at radius 2 is 2.04 bits per heavy atom. The van der Waals surface area contributed by atoms with E-state index in [1.807, 2.05) is 11.8 Å². The van der Waals surface area contributed by atoms with Gasteiger partial charge in [0.05, 0.1) is 19.1 Å². The maximum absolute atomic E-state index is 12.2. The van der Waals surface area contributed by atoms with Crippen LogP contribution >= 0.6 is 11.8 Å². The number of methoxy groups -OCH3 is 1. The van der Waals surface area contributed by atoms with E-state index in [1.54, 1.807) is 24.3 Å². The fourth-order valence-electron chi connectivity index (χ4n) is 3.13. The van der Waals surface area contributed by atoms with Crippen LogP contribution in [0.4, 0.5) is 5.69 Å². The number of thioether (sulfide) groups is 1. The molecule has 1 aromatic carbocycles. The van der Waals surface area contributed by atoms with Gasteiger partial charge in [0.15, 0.2) is 0 Å². The van der Waals surface area contributed by atoms with Crippen molar-refractivity contribution in [2.24, 2.45) is 0 Å². The minimum Gasteiger partial charge on any atom is -0.497 e. The zero-order valence-corrected chi connectivity index (χ0v) is 17.8. The lowest BCUT2D eigenvalue weighted by molar-refractivity contribution is -0.119. The van der Waals surface area contributed by atoms with Crippen LogP contribution in [-0.4, -0.2) is 51.8 Å². The van der Waals surface area contributed by atoms with Gasteiger partial charge in [-0.05, 0) is 37.1 Å². The molecule has 1 aliphatic rings. The number of nitrogens with zero attached hydrogens (tertiary/aromatic N) is 1. The van der Waals surface area contributed by atoms with Gasteiger partial charge in [0, 0.05) is 17.9 Å². The first-order valence-electron chi connectivity index (χ1n) is 9.40. The van der Waals surface area contributed by atoms with Gasteiger partial charge in [-0.15, -0.1) is 0 Å². The molecule has 1 saturated carbocycles. The highest BCUT2D eigenvalue weighted by Gasteiger charge is 2.21. The average molecular weight is 415 g/mol. The summed E-state index contributed by atoms with van der Waals surface area (Å²) in [5, 5.41) is 3.60. The molecule has 0 unspecified atom stereocenters. The Kier molecular flexibility index (Phi) is 8.76. The minimum absolute atomic E-state index is 0.234. The Bertz CT molecular complexity index is 703. The number of rotatable bonds is 10. The molecule has 0 radical (unpaired) electrons. The molecule has 0 bridgehead atoms. The van der Waals surface area contributed by atoms with Crippen molar-refractivity contribution in [3.8, 4) is 5.75 Å². The number of hydrogen-bond donors (Lipinski definition) is 1. The quantitative estimate of drug-likeness (QED) is 0.596. The summed E-state index contributed by atoms with van der Waals surface area (Å²) in [7, 11) is -2.06. The molecular formula is C19H30N2O4S2. The molecule has 8 heteroatoms. The molecule has 6 nitrogen and oxygen atoms in total. The molecule has 0 heterocycles. The van der Waals surface area contributed by atoms with Gasteiger partial charge in [-0.25, -0.2) is 8.42 Å². The highest BCUT2D eigenvalue weighted by Crippen LogP contribution is 2.28. The number of carbonyl (C=O) groups is 1. The zero-order chi connectivity index (χ0) is 19.7. The Labute approximate surface area is 167 Å². The predicted octanol–water partition coefficient (Wildman–Crippen LogP) is 3.03. The maximum atomic E-state index is 12.2. The van der Waals surface area contributed by atoms with Crippen molar-refractivity contribution in [2.45, 2.75) is 43.8 Å². The molecule has 0 aliphatic heterocycles. The third-order valence-electron chi connectivity index (χ3n) is 4.58. The topological polar surface area (TPSA) is 75.7 Å². The van der Waals surface area contributed by atoms with Crippen molar-refractivity contribution in [1.29, 1.82) is 0 Å². The lowest BCUT2D eigenvalue weighted by Crippen LogP contribution is -2.40. The number of ether oxygens (including phenoxy) is 1. The van der Waals surface area contributed by atoms with E-state index in [0.717, 1.165) is 28.0 Å². The summed E-state index contributed by atoms with van der Waals surface area (Å²) >= 11 is 2.00. The molecule has 27 heavy (non-hydrogen) atoms. The van der Waals surface area contributed by atoms with E-state index in [0.29, 0.717) is 18.0 Å². The molecule has 2 rings (SSSR count). The predicted molar refractivity (Wildman–Crippen MR) is 112 cm³/mol. The summed E-state index contributed by atoms with van der Waals surface area (Å²) in [6, 6.07) is 6.69. The molecule has 152 valence electrons. The van der Waals surface area contributed by atoms with Crippen LogP contribution in [-0.2, 0) is 14.8 Å². The summed E-state index contributed by atoms with van der Waals surface area (Å²) in [6.07, 6.45) is 8.63. The lowest BCUT2D eigenvalue weighted by Gasteiger charge is -2.22. The largest absolute Gasteiger partial charge is 0.497 e. The first-order valence-corrected chi connectivity index (χ1v) is 12.3. The highest BCUT2D eigenvalue weighted by molar-refractivity contribution is 7.99. The molecular weight excluding hydrogens is 384 g/mol. The normalized spacial score (nSPS) is 15.3. The van der Waals surface area contributed by atoms with Crippen LogP contribution in [0.15, 0.2) is 24.3 Å². The van der Waals surface area contributed by atoms with Crippen LogP contribution in [0.2, 0.25) is 0 Å². The summed E-state index contributed by atoms with van der Waals surface area (Å²) in [6.45, 7) is 0.329. The van der Waals surface area contributed by atoms with Crippen LogP contribution in [0.5, 0.6) is 5.75 Å². The van der Waals surface area contributed by atoms with Crippen molar-refractivity contribution in [1.82, 2.24) is 5.32 Å². The van der Waals surface area contributed by atoms with E-state index in [-0.39, 0.29) is 12.5 Å². The molecule has 0 saturated heterocycles. The lowest BCUT2D eigenvalue weighted by atomic mass is 10.0. The summed E-state index contributed by atoms with van der Waals surface area (Å²) in [5.41, 5.74) is 0.417. The molecule has 1 aromatic rings. The molecule has 0 aromatic heterocycles. The van der Waals surface area contributed by atoms with E-state index >= 15 is 0 Å². The number of benzene rings is 1. The van der Waals surface area contributed by atoms with Crippen LogP contribution in [0.3, 0.4) is 0 Å². The smallest absolute Gasteiger partial charge is 0.240 e. The molecule has 0 atom stereocenters. The van der Waals surface area contributed by atoms with Crippen molar-refractivity contribution in [2.75, 3.05) is 36.5 Å². The SMILES string of the molecule is COc1cccc(N(CC(=O)NCCCSC2CCCCC2)S(C)(=O)=O)c1. The van der Waals surface area contributed by atoms with Crippen LogP contribution < -0.4 is 14.4 Å². The van der Waals surface area contributed by atoms with Crippen molar-refractivity contribution in [3.63, 3.8) is 0 Å². The zero-order valence-electron chi connectivity index (χ0n) is 16.1. The Balaban J connectivity index is 1.79. The number of nitrogens with one attached hydrogen (secondary N) is 1. The van der Waals surface area contributed by atoms with Crippen molar-refractivity contribution in [3.05, 3.63) is 24.3 Å². The first-order chi connectivity index (χ1) is 12.9.